The zero-order chi connectivity index (χ0) is 68.8. The van der Waals surface area contributed by atoms with E-state index in [0.717, 1.165) is 63.0 Å². The SMILES string of the molecule is CC(=O)C(C(C)=O)C(/C=C/c1ccccc1)c1ccccc1.CC(=O)C(C(C)=O)C1C=CCC1.CCOC(=O)C(C(C)=O)C1C=CCC1.CCOC(=O)C(C1C=CCC1)[N+](=O)[O-].CCOC(=O)C(F)(C(C)=O)C1C=CCC1.O=C1c2ccccc2C(=O)N1C1C=CCC1. The summed E-state index contributed by atoms with van der Waals surface area (Å²) in [5.74, 6) is -6.16. The molecule has 1 aliphatic heterocycles. The van der Waals surface area contributed by atoms with E-state index in [4.69, 9.17) is 4.74 Å². The molecular formula is C74H89FN2O16. The Bertz CT molecular complexity index is 3180. The highest BCUT2D eigenvalue weighted by Crippen LogP contribution is 2.35. The number of ether oxygens (including phenoxy) is 3. The Morgan fingerprint density at radius 1 is 0.548 bits per heavy atom. The van der Waals surface area contributed by atoms with Crippen LogP contribution in [-0.2, 0) is 57.4 Å². The number of imide groups is 1. The number of alkyl halides is 1. The second-order valence-electron chi connectivity index (χ2n) is 23.1. The average molecular weight is 1280 g/mol. The van der Waals surface area contributed by atoms with Crippen LogP contribution in [0.25, 0.3) is 6.08 Å². The predicted octanol–water partition coefficient (Wildman–Crippen LogP) is 12.7. The van der Waals surface area contributed by atoms with Gasteiger partial charge in [0.2, 0.25) is 0 Å². The van der Waals surface area contributed by atoms with Gasteiger partial charge in [0.05, 0.1) is 54.7 Å². The van der Waals surface area contributed by atoms with Crippen molar-refractivity contribution in [3.8, 4) is 0 Å². The van der Waals surface area contributed by atoms with Crippen molar-refractivity contribution in [3.63, 3.8) is 0 Å². The number of allylic oxidation sites excluding steroid dienone is 9. The molecule has 0 saturated heterocycles. The van der Waals surface area contributed by atoms with Crippen molar-refractivity contribution in [1.29, 1.82) is 0 Å². The van der Waals surface area contributed by atoms with Gasteiger partial charge in [0.25, 0.3) is 17.5 Å². The largest absolute Gasteiger partial charge is 0.465 e. The molecule has 0 spiro atoms. The molecule has 0 bridgehead atoms. The Kier molecular flexibility index (Phi) is 31.9. The first-order chi connectivity index (χ1) is 44.4. The van der Waals surface area contributed by atoms with Crippen LogP contribution in [-0.4, -0.2) is 112 Å². The van der Waals surface area contributed by atoms with Crippen molar-refractivity contribution < 1.29 is 76.3 Å². The van der Waals surface area contributed by atoms with E-state index in [1.165, 1.54) is 39.5 Å². The number of ketones is 6. The zero-order valence-electron chi connectivity index (χ0n) is 54.8. The number of amides is 2. The number of hydrogen-bond acceptors (Lipinski definition) is 16. The number of carbonyl (C=O) groups excluding carboxylic acids is 11. The third kappa shape index (κ3) is 22.1. The van der Waals surface area contributed by atoms with E-state index >= 15 is 0 Å². The van der Waals surface area contributed by atoms with Gasteiger partial charge in [-0.25, -0.2) is 14.0 Å². The Balaban J connectivity index is 0.000000240. The van der Waals surface area contributed by atoms with Gasteiger partial charge in [-0.15, -0.1) is 0 Å². The van der Waals surface area contributed by atoms with Crippen molar-refractivity contribution >= 4 is 70.5 Å². The molecule has 3 aromatic carbocycles. The zero-order valence-corrected chi connectivity index (χ0v) is 54.8. The van der Waals surface area contributed by atoms with Gasteiger partial charge in [-0.2, -0.15) is 0 Å². The molecule has 498 valence electrons. The van der Waals surface area contributed by atoms with E-state index in [0.29, 0.717) is 37.0 Å². The molecule has 1 heterocycles. The highest BCUT2D eigenvalue weighted by molar-refractivity contribution is 6.21. The van der Waals surface area contributed by atoms with Crippen LogP contribution >= 0.6 is 0 Å². The van der Waals surface area contributed by atoms with Gasteiger partial charge in [-0.1, -0.05) is 146 Å². The first-order valence-corrected chi connectivity index (χ1v) is 31.8. The molecule has 9 unspecified atom stereocenters. The summed E-state index contributed by atoms with van der Waals surface area (Å²) in [6, 6.07) is 25.3. The molecule has 9 rings (SSSR count). The van der Waals surface area contributed by atoms with Crippen molar-refractivity contribution in [3.05, 3.63) is 184 Å². The summed E-state index contributed by atoms with van der Waals surface area (Å²) >= 11 is 0. The Morgan fingerprint density at radius 2 is 0.978 bits per heavy atom. The topological polar surface area (TPSA) is 262 Å². The van der Waals surface area contributed by atoms with Crippen molar-refractivity contribution in [2.45, 2.75) is 150 Å². The number of Topliss-reactive ketones (excluding diaryl/α,β-unsaturated/α-hetero) is 6. The lowest BCUT2D eigenvalue weighted by molar-refractivity contribution is -0.517. The highest BCUT2D eigenvalue weighted by atomic mass is 19.1. The van der Waals surface area contributed by atoms with Crippen molar-refractivity contribution in [2.24, 2.45) is 41.4 Å². The van der Waals surface area contributed by atoms with E-state index < -0.39 is 52.1 Å². The molecule has 0 fully saturated rings. The maximum Gasteiger partial charge on any atom is 0.382 e. The van der Waals surface area contributed by atoms with E-state index in [2.05, 4.69) is 9.47 Å². The minimum Gasteiger partial charge on any atom is -0.465 e. The molecule has 2 amide bonds. The molecule has 0 radical (unpaired) electrons. The first-order valence-electron chi connectivity index (χ1n) is 31.8. The molecule has 0 N–H and O–H groups in total. The summed E-state index contributed by atoms with van der Waals surface area (Å²) in [6.07, 6.45) is 31.1. The summed E-state index contributed by atoms with van der Waals surface area (Å²) in [5.41, 5.74) is 0.600. The Morgan fingerprint density at radius 3 is 1.39 bits per heavy atom. The van der Waals surface area contributed by atoms with E-state index in [1.54, 1.807) is 63.3 Å². The molecule has 93 heavy (non-hydrogen) atoms. The quantitative estimate of drug-likeness (QED) is 0.0172. The summed E-state index contributed by atoms with van der Waals surface area (Å²) in [7, 11) is 0. The number of esters is 3. The lowest BCUT2D eigenvalue weighted by Gasteiger charge is -2.25. The second-order valence-corrected chi connectivity index (χ2v) is 23.1. The molecule has 18 nitrogen and oxygen atoms in total. The third-order valence-electron chi connectivity index (χ3n) is 16.5. The molecule has 5 aliphatic carbocycles. The lowest BCUT2D eigenvalue weighted by Crippen LogP contribution is -2.47. The van der Waals surface area contributed by atoms with Crippen LogP contribution in [0.4, 0.5) is 4.39 Å². The summed E-state index contributed by atoms with van der Waals surface area (Å²) < 4.78 is 28.5. The van der Waals surface area contributed by atoms with Crippen LogP contribution in [0.3, 0.4) is 0 Å². The molecule has 6 aliphatic rings. The molecule has 0 saturated carbocycles. The number of fused-ring (bicyclic) bond motifs is 1. The van der Waals surface area contributed by atoms with Gasteiger partial charge in [-0.3, -0.25) is 58.2 Å². The standard InChI is InChI=1S/C20H20O2.C13H11NO2.C11H15FO3.C11H16O3.C10H14O2.C9H13NO4/c1-15(21)20(16(2)22)19(18-11-7-4-8-12-18)14-13-17-9-5-3-6-10-17;15-12-10-7-3-4-8-11(10)13(16)14(12)9-5-1-2-6-9;1-3-15-10(14)11(12,8(2)13)9-6-4-5-7-9;1-3-14-11(13)10(8(2)12)9-6-4-5-7-9;1-7(11)10(8(2)12)9-5-3-4-6-9;1-2-14-9(11)8(10(12)13)7-5-3-4-6-7/h3-14,19-20H,1-2H3;1,3-5,7-9H,2,6H2;4,6,9H,3,5,7H2,1-2H3;4,6,9-10H,3,5,7H2,1-2H3;3,5,9-10H,4,6H2,1-2H3;3,5,7-8H,2,4,6H2,1H3/b14-13+;;;;;. The number of nitro groups is 1. The fourth-order valence-corrected chi connectivity index (χ4v) is 12.0. The summed E-state index contributed by atoms with van der Waals surface area (Å²) in [6.45, 7) is 14.1. The highest BCUT2D eigenvalue weighted by Gasteiger charge is 2.52. The van der Waals surface area contributed by atoms with Crippen LogP contribution in [0.1, 0.15) is 164 Å². The first kappa shape index (κ1) is 76.5. The van der Waals surface area contributed by atoms with Gasteiger partial charge in [-0.05, 0) is 162 Å². The van der Waals surface area contributed by atoms with Crippen molar-refractivity contribution in [1.82, 2.24) is 4.90 Å². The number of hydrogen-bond donors (Lipinski definition) is 0. The van der Waals surface area contributed by atoms with Crippen molar-refractivity contribution in [2.75, 3.05) is 19.8 Å². The molecule has 9 atom stereocenters. The van der Waals surface area contributed by atoms with E-state index in [9.17, 15) is 67.2 Å². The number of benzene rings is 3. The Hall–Kier alpha value is -9.00. The average Bonchev–Trinajstić information content (AvgIpc) is 1.66. The van der Waals surface area contributed by atoms with E-state index in [-0.39, 0.29) is 95.5 Å². The predicted molar refractivity (Wildman–Crippen MR) is 350 cm³/mol. The molecule has 3 aromatic rings. The minimum absolute atomic E-state index is 0.000880. The number of halogens is 1. The summed E-state index contributed by atoms with van der Waals surface area (Å²) in [4.78, 5) is 139. The minimum atomic E-state index is -2.50. The van der Waals surface area contributed by atoms with Gasteiger partial charge < -0.3 is 14.2 Å². The fraction of sp³-hybridized carbons (Fsp3) is 0.446. The fourth-order valence-electron chi connectivity index (χ4n) is 12.0. The third-order valence-corrected chi connectivity index (χ3v) is 16.5. The number of nitrogens with zero attached hydrogens (tertiary/aromatic N) is 2. The van der Waals surface area contributed by atoms with Gasteiger partial charge in [0, 0.05) is 16.8 Å². The second kappa shape index (κ2) is 38.8. The number of rotatable bonds is 22. The van der Waals surface area contributed by atoms with E-state index in [1.807, 2.05) is 115 Å². The van der Waals surface area contributed by atoms with Gasteiger partial charge >= 0.3 is 23.9 Å². The van der Waals surface area contributed by atoms with Gasteiger partial charge in [0.1, 0.15) is 34.8 Å². The van der Waals surface area contributed by atoms with Crippen LogP contribution in [0, 0.1) is 51.5 Å². The smallest absolute Gasteiger partial charge is 0.382 e. The summed E-state index contributed by atoms with van der Waals surface area (Å²) in [5, 5.41) is 10.7. The molecular weight excluding hydrogens is 1190 g/mol. The Labute approximate surface area is 545 Å². The molecule has 0 aromatic heterocycles. The van der Waals surface area contributed by atoms with Gasteiger partial charge in [0.15, 0.2) is 5.78 Å². The maximum atomic E-state index is 14.3. The van der Waals surface area contributed by atoms with Crippen LogP contribution in [0.2, 0.25) is 0 Å². The van der Waals surface area contributed by atoms with Crippen LogP contribution < -0.4 is 0 Å². The monoisotopic (exact) mass is 1280 g/mol. The van der Waals surface area contributed by atoms with Crippen LogP contribution in [0.15, 0.2) is 152 Å². The van der Waals surface area contributed by atoms with Crippen LogP contribution in [0.5, 0.6) is 0 Å². The number of carbonyl (C=O) groups is 11. The molecule has 19 heteroatoms. The maximum absolute atomic E-state index is 14.3. The lowest BCUT2D eigenvalue weighted by atomic mass is 9.81. The normalized spacial score (nSPS) is 20.1.